The number of carboxylic acids is 1. The number of carbonyl (C=O) groups excluding carboxylic acids is 2. The number of aromatic carboxylic acids is 1. The van der Waals surface area contributed by atoms with Crippen molar-refractivity contribution in [2.75, 3.05) is 75.3 Å². The minimum Gasteiger partial charge on any atom is -0.504 e. The van der Waals surface area contributed by atoms with E-state index in [0.717, 1.165) is 102 Å². The summed E-state index contributed by atoms with van der Waals surface area (Å²) in [5, 5.41) is 19.1. The Bertz CT molecular complexity index is 5110. The second-order valence-corrected chi connectivity index (χ2v) is 29.5. The van der Waals surface area contributed by atoms with E-state index in [0.29, 0.717) is 63.3 Å². The molecule has 11 aromatic rings. The van der Waals surface area contributed by atoms with Crippen LogP contribution in [0.2, 0.25) is 20.1 Å². The maximum atomic E-state index is 13.6. The molecule has 8 heterocycles. The van der Waals surface area contributed by atoms with Crippen LogP contribution in [-0.4, -0.2) is 132 Å². The van der Waals surface area contributed by atoms with Crippen LogP contribution in [0.3, 0.4) is 0 Å². The third kappa shape index (κ3) is 21.2. The number of amides is 2. The van der Waals surface area contributed by atoms with E-state index in [1.165, 1.54) is 93.8 Å². The third-order valence-corrected chi connectivity index (χ3v) is 21.9. The zero-order valence-electron chi connectivity index (χ0n) is 62.1. The molecule has 113 heavy (non-hydrogen) atoms. The fourth-order valence-electron chi connectivity index (χ4n) is 13.9. The number of nitrogens with two attached hydrogens (primary N) is 4. The van der Waals surface area contributed by atoms with E-state index in [-0.39, 0.29) is 74.6 Å². The molecular formula is C87H86Cl4F2N12O8. The summed E-state index contributed by atoms with van der Waals surface area (Å²) in [5.74, 6) is 0.0906. The molecule has 4 fully saturated rings. The summed E-state index contributed by atoms with van der Waals surface area (Å²) in [7, 11) is 0. The Hall–Kier alpha value is -11.1. The molecule has 0 spiro atoms. The van der Waals surface area contributed by atoms with Crippen LogP contribution in [0.4, 0.5) is 32.1 Å². The number of hydrogen-bond donors (Lipinski definition) is 6. The van der Waals surface area contributed by atoms with Crippen LogP contribution >= 0.6 is 46.4 Å². The normalized spacial score (nSPS) is 14.5. The molecule has 4 aliphatic heterocycles. The molecule has 0 radical (unpaired) electrons. The van der Waals surface area contributed by atoms with E-state index in [1.807, 2.05) is 126 Å². The third-order valence-electron chi connectivity index (χ3n) is 20.4. The number of rotatable bonds is 18. The largest absolute Gasteiger partial charge is 0.504 e. The van der Waals surface area contributed by atoms with Crippen LogP contribution in [0.25, 0.3) is 44.5 Å². The van der Waals surface area contributed by atoms with Gasteiger partial charge in [0.25, 0.3) is 11.8 Å². The molecule has 0 atom stereocenters. The van der Waals surface area contributed by atoms with Gasteiger partial charge in [0.05, 0.1) is 15.6 Å². The maximum Gasteiger partial charge on any atom is 0.335 e. The highest BCUT2D eigenvalue weighted by atomic mass is 35.5. The number of halogens is 6. The SMILES string of the molecule is Cc1ccc(-c2cnc(N)c(OCc3c(Cl)ccc(F)c3Cl)c2)cc1.Nc1ncc(-c2ccc(C(=O)N3CCC(N4CCCC4)CC3)cc2)cc1O.Nc1ncc(-c2ccc(C(=O)N3CCC(N4CCCC4)CC3)cc2)cc1OCc1ccccc1.Nc1ncc(-c2ccc(C(=O)O)cc2)cc1OCc1c(Cl)ccc(F)c1Cl. The highest BCUT2D eigenvalue weighted by Gasteiger charge is 2.31. The summed E-state index contributed by atoms with van der Waals surface area (Å²) in [6.45, 7) is 10.6. The summed E-state index contributed by atoms with van der Waals surface area (Å²) in [6, 6.07) is 52.9. The van der Waals surface area contributed by atoms with Gasteiger partial charge in [0.15, 0.2) is 46.3 Å². The van der Waals surface area contributed by atoms with Gasteiger partial charge < -0.3 is 67.0 Å². The van der Waals surface area contributed by atoms with E-state index >= 15 is 0 Å². The number of aryl methyl sites for hydroxylation is 1. The molecule has 4 aliphatic rings. The van der Waals surface area contributed by atoms with Crippen molar-refractivity contribution in [1.82, 2.24) is 39.5 Å². The smallest absolute Gasteiger partial charge is 0.335 e. The second kappa shape index (κ2) is 38.4. The number of nitrogens with zero attached hydrogens (tertiary/aromatic N) is 8. The average molecular weight is 1610 g/mol. The minimum absolute atomic E-state index is 0.0152. The second-order valence-electron chi connectivity index (χ2n) is 27.9. The van der Waals surface area contributed by atoms with E-state index < -0.39 is 17.6 Å². The van der Waals surface area contributed by atoms with Crippen molar-refractivity contribution in [3.8, 4) is 67.5 Å². The molecule has 0 aliphatic carbocycles. The summed E-state index contributed by atoms with van der Waals surface area (Å²) >= 11 is 24.0. The Labute approximate surface area is 674 Å². The van der Waals surface area contributed by atoms with Gasteiger partial charge in [-0.25, -0.2) is 33.5 Å². The van der Waals surface area contributed by atoms with Crippen molar-refractivity contribution in [1.29, 1.82) is 0 Å². The summed E-state index contributed by atoms with van der Waals surface area (Å²) in [5.41, 5.74) is 34.6. The van der Waals surface area contributed by atoms with Crippen molar-refractivity contribution in [2.24, 2.45) is 0 Å². The van der Waals surface area contributed by atoms with Crippen molar-refractivity contribution in [2.45, 2.75) is 90.2 Å². The Morgan fingerprint density at radius 2 is 0.761 bits per heavy atom. The fraction of sp³-hybridized carbons (Fsp3) is 0.253. The number of carboxylic acid groups (broad SMARTS) is 1. The molecule has 26 heteroatoms. The van der Waals surface area contributed by atoms with Gasteiger partial charge in [0.2, 0.25) is 0 Å². The first-order chi connectivity index (χ1) is 54.6. The number of aromatic hydroxyl groups is 1. The predicted octanol–water partition coefficient (Wildman–Crippen LogP) is 18.1. The summed E-state index contributed by atoms with van der Waals surface area (Å²) in [4.78, 5) is 62.5. The van der Waals surface area contributed by atoms with Crippen molar-refractivity contribution >= 4 is 87.5 Å². The number of aromatic nitrogens is 4. The van der Waals surface area contributed by atoms with E-state index in [9.17, 15) is 28.3 Å². The van der Waals surface area contributed by atoms with Crippen molar-refractivity contribution < 1.29 is 47.6 Å². The van der Waals surface area contributed by atoms with Gasteiger partial charge in [-0.1, -0.05) is 143 Å². The summed E-state index contributed by atoms with van der Waals surface area (Å²) in [6.07, 6.45) is 16.1. The summed E-state index contributed by atoms with van der Waals surface area (Å²) < 4.78 is 44.5. The van der Waals surface area contributed by atoms with Crippen LogP contribution in [0, 0.1) is 18.6 Å². The monoisotopic (exact) mass is 1600 g/mol. The molecule has 20 nitrogen and oxygen atoms in total. The van der Waals surface area contributed by atoms with Crippen LogP contribution in [0.1, 0.15) is 105 Å². The van der Waals surface area contributed by atoms with Gasteiger partial charge >= 0.3 is 5.97 Å². The Morgan fingerprint density at radius 1 is 0.425 bits per heavy atom. The molecule has 10 N–H and O–H groups in total. The number of carbonyl (C=O) groups is 3. The lowest BCUT2D eigenvalue weighted by atomic mass is 10.0. The minimum atomic E-state index is -1.01. The van der Waals surface area contributed by atoms with Crippen molar-refractivity contribution in [3.63, 3.8) is 0 Å². The van der Waals surface area contributed by atoms with Gasteiger partial charge in [-0.3, -0.25) is 9.59 Å². The molecule has 2 amide bonds. The molecular weight excluding hydrogens is 1520 g/mol. The Balaban J connectivity index is 0.000000141. The molecule has 7 aromatic carbocycles. The first kappa shape index (κ1) is 81.4. The topological polar surface area (TPSA) is 288 Å². The Kier molecular flexibility index (Phi) is 27.7. The van der Waals surface area contributed by atoms with Gasteiger partial charge in [0.1, 0.15) is 31.5 Å². The molecule has 0 unspecified atom stereocenters. The number of likely N-dealkylation sites (tertiary alicyclic amines) is 4. The highest BCUT2D eigenvalue weighted by molar-refractivity contribution is 6.36. The van der Waals surface area contributed by atoms with Crippen molar-refractivity contribution in [3.05, 3.63) is 271 Å². The van der Waals surface area contributed by atoms with Gasteiger partial charge in [0, 0.05) is 118 Å². The maximum absolute atomic E-state index is 13.6. The van der Waals surface area contributed by atoms with Crippen LogP contribution < -0.4 is 37.1 Å². The molecule has 4 aromatic heterocycles. The number of piperidine rings is 2. The standard InChI is InChI=1S/C28H32N4O2.C21H26N4O2.C19H13Cl2FN2O3.C19H15Cl2FN2O/c29-27-26(34-20-21-6-2-1-3-7-21)18-24(19-30-27)22-8-10-23(11-9-22)28(33)32-16-12-25(13-17-32)31-14-4-5-15-31;22-20-19(26)13-17(14-23-20)15-3-5-16(6-4-15)21(27)25-11-7-18(8-12-25)24-9-1-2-10-24;20-14-5-6-15(22)17(21)13(14)9-27-16-7-12(8-24-18(16)23)10-1-3-11(4-2-10)19(25)26;1-11-2-4-12(5-3-11)13-8-17(19(23)24-9-13)25-10-14-15(20)6-7-16(22)18(14)21/h1-3,6-11,18-19,25H,4-5,12-17,20H2,(H2,29,30);3-6,13-14,18,26H,1-2,7-12H2,(H2,22,23);1-8H,9H2,(H2,23,24)(H,25,26);2-9H,10H2,1H3,(H2,23,24). The van der Waals surface area contributed by atoms with Gasteiger partial charge in [-0.15, -0.1) is 0 Å². The fourth-order valence-corrected chi connectivity index (χ4v) is 14.8. The first-order valence-corrected chi connectivity index (χ1v) is 38.7. The first-order valence-electron chi connectivity index (χ1n) is 37.2. The number of nitrogen functional groups attached to an aromatic ring is 4. The number of pyridine rings is 4. The predicted molar refractivity (Wildman–Crippen MR) is 441 cm³/mol. The molecule has 584 valence electrons. The highest BCUT2D eigenvalue weighted by Crippen LogP contribution is 2.37. The number of benzene rings is 7. The van der Waals surface area contributed by atoms with E-state index in [1.54, 1.807) is 55.1 Å². The zero-order valence-corrected chi connectivity index (χ0v) is 65.2. The quantitative estimate of drug-likeness (QED) is 0.0435. The Morgan fingerprint density at radius 3 is 1.12 bits per heavy atom. The zero-order chi connectivity index (χ0) is 79.7. The number of hydrogen-bond acceptors (Lipinski definition) is 17. The lowest BCUT2D eigenvalue weighted by Gasteiger charge is -2.36. The van der Waals surface area contributed by atoms with Gasteiger partial charge in [-0.05, 0) is 197 Å². The molecule has 4 saturated heterocycles. The van der Waals surface area contributed by atoms with Gasteiger partial charge in [-0.2, -0.15) is 0 Å². The van der Waals surface area contributed by atoms with Crippen LogP contribution in [0.5, 0.6) is 23.0 Å². The van der Waals surface area contributed by atoms with Crippen LogP contribution in [0.15, 0.2) is 201 Å². The van der Waals surface area contributed by atoms with E-state index in [4.69, 9.17) is 88.7 Å². The molecule has 0 saturated carbocycles. The molecule has 0 bridgehead atoms. The van der Waals surface area contributed by atoms with E-state index in [2.05, 4.69) is 29.7 Å². The van der Waals surface area contributed by atoms with Crippen LogP contribution in [-0.2, 0) is 19.8 Å². The number of anilines is 4. The number of ether oxygens (including phenoxy) is 3. The molecule has 15 rings (SSSR count). The average Bonchev–Trinajstić information content (AvgIpc) is 0.910. The lowest BCUT2D eigenvalue weighted by Crippen LogP contribution is -2.45. The lowest BCUT2D eigenvalue weighted by molar-refractivity contribution is 0.0637.